The average molecular weight is 498 g/mol. The van der Waals surface area contributed by atoms with E-state index in [0.717, 1.165) is 0 Å². The monoisotopic (exact) mass is 498 g/mol. The van der Waals surface area contributed by atoms with Gasteiger partial charge in [0, 0.05) is 0 Å². The number of halogens is 1. The van der Waals surface area contributed by atoms with Gasteiger partial charge in [0.1, 0.15) is 0 Å². The van der Waals surface area contributed by atoms with E-state index < -0.39 is 0 Å². The van der Waals surface area contributed by atoms with E-state index >= 15 is 0 Å². The molecule has 0 radical (unpaired) electrons. The smallest absolute Gasteiger partial charge is 0 e. The molecule has 10 heavy (non-hydrogen) atoms. The maximum atomic E-state index is 3.23. The summed E-state index contributed by atoms with van der Waals surface area (Å²) in [6, 6.07) is 7.42. The van der Waals surface area contributed by atoms with Crippen LogP contribution in [0.15, 0.2) is 12.1 Å². The summed E-state index contributed by atoms with van der Waals surface area (Å²) in [6.07, 6.45) is 0. The molecule has 0 nitrogen and oxygen atoms in total. The topological polar surface area (TPSA) is 0 Å². The zero-order chi connectivity index (χ0) is 6.85. The molecule has 2 heteroatoms. The van der Waals surface area contributed by atoms with Gasteiger partial charge >= 0.3 is 0 Å². The van der Waals surface area contributed by atoms with Crippen molar-refractivity contribution in [2.24, 2.45) is 0 Å². The Morgan fingerprint density at radius 2 is 1.90 bits per heavy atom. The first-order valence-corrected chi connectivity index (χ1v) is 3.93. The second-order valence-electron chi connectivity index (χ2n) is 2.14. The summed E-state index contributed by atoms with van der Waals surface area (Å²) in [6.45, 7) is 4.15. The van der Waals surface area contributed by atoms with Crippen molar-refractivity contribution >= 4 is 22.6 Å². The quantitative estimate of drug-likeness (QED) is 0.382. The van der Waals surface area contributed by atoms with E-state index in [-0.39, 0.29) is 0 Å². The normalized spacial score (nSPS) is 8.70. The Balaban J connectivity index is 0.000000810. The standard InChI is InChI=1S/C8H8I.Rf/c1-6-3-4-7(2)8(9)5-6;/h3-4H,1-2H3;/q-1;. The molecule has 50 valence electrons. The molecule has 0 bridgehead atoms. The van der Waals surface area contributed by atoms with Gasteiger partial charge in [-0.3, -0.25) is 0 Å². The number of hydrogen-bond donors (Lipinski definition) is 0. The van der Waals surface area contributed by atoms with Gasteiger partial charge < -0.3 is 0 Å². The van der Waals surface area contributed by atoms with E-state index in [1.54, 1.807) is 0 Å². The maximum absolute atomic E-state index is 3.23. The maximum Gasteiger partial charge on any atom is 0 e. The van der Waals surface area contributed by atoms with E-state index in [4.69, 9.17) is 0 Å². The summed E-state index contributed by atoms with van der Waals surface area (Å²) in [7, 11) is 0. The van der Waals surface area contributed by atoms with Crippen molar-refractivity contribution in [3.05, 3.63) is 32.9 Å². The zero-order valence-corrected chi connectivity index (χ0v) is 14.8. The first-order chi connectivity index (χ1) is 4.20. The van der Waals surface area contributed by atoms with Crippen molar-refractivity contribution in [2.75, 3.05) is 0 Å². The van der Waals surface area contributed by atoms with Gasteiger partial charge in [0.15, 0.2) is 0 Å². The fraction of sp³-hybridized carbons (Fsp3) is 0.250. The summed E-state index contributed by atoms with van der Waals surface area (Å²) in [4.78, 5) is 0. The first-order valence-electron chi connectivity index (χ1n) is 2.85. The average Bonchev–Trinajstić information content (AvgIpc) is 1.80. The van der Waals surface area contributed by atoms with Gasteiger partial charge in [-0.2, -0.15) is 23.8 Å². The van der Waals surface area contributed by atoms with E-state index in [1.807, 2.05) is 0 Å². The van der Waals surface area contributed by atoms with Crippen molar-refractivity contribution in [1.29, 1.82) is 0 Å². The zero-order valence-electron chi connectivity index (χ0n) is 6.24. The molecule has 0 heterocycles. The van der Waals surface area contributed by atoms with E-state index in [2.05, 4.69) is 54.6 Å². The Bertz CT molecular complexity index is 220. The molecule has 0 spiro atoms. The van der Waals surface area contributed by atoms with Gasteiger partial charge in [-0.25, -0.2) is 0 Å². The van der Waals surface area contributed by atoms with Crippen LogP contribution >= 0.6 is 22.6 Å². The van der Waals surface area contributed by atoms with Gasteiger partial charge in [-0.15, -0.1) is 5.56 Å². The minimum Gasteiger partial charge on any atom is -0.168 e. The first kappa shape index (κ1) is 8.95. The molecule has 0 N–H and O–H groups in total. The number of aryl methyl sites for hydroxylation is 2. The third-order valence-electron chi connectivity index (χ3n) is 1.24. The van der Waals surface area contributed by atoms with E-state index in [1.165, 1.54) is 14.7 Å². The molecule has 0 aliphatic heterocycles. The molecule has 0 aromatic heterocycles. The Kier molecular flexibility index (Phi) is 2.87. The molecule has 1 rings (SSSR count). The van der Waals surface area contributed by atoms with Gasteiger partial charge in [-0.1, -0.05) is 40.0 Å². The second-order valence-corrected chi connectivity index (χ2v) is 3.22. The Morgan fingerprint density at radius 3 is 2.30 bits per heavy atom. The molecule has 0 fully saturated rings. The molecular weight excluding hydrogens is 490 g/mol. The Morgan fingerprint density at radius 1 is 1.30 bits per heavy atom. The van der Waals surface area contributed by atoms with Crippen LogP contribution in [0.3, 0.4) is 0 Å². The second kappa shape index (κ2) is 3.20. The number of rotatable bonds is 0. The van der Waals surface area contributed by atoms with Crippen LogP contribution in [-0.4, -0.2) is 0 Å². The minimum atomic E-state index is 0. The summed E-state index contributed by atoms with van der Waals surface area (Å²) < 4.78 is 1.23. The summed E-state index contributed by atoms with van der Waals surface area (Å²) in [5.74, 6) is 0. The summed E-state index contributed by atoms with van der Waals surface area (Å²) in [5.41, 5.74) is 2.52. The minimum absolute atomic E-state index is 0. The fourth-order valence-electron chi connectivity index (χ4n) is 0.637. The van der Waals surface area contributed by atoms with Crippen molar-refractivity contribution < 1.29 is 0 Å². The summed E-state index contributed by atoms with van der Waals surface area (Å²) in [5, 5.41) is 0. The third-order valence-corrected chi connectivity index (χ3v) is 2.36. The Hall–Kier alpha value is -1.05. The third kappa shape index (κ3) is 1.72. The van der Waals surface area contributed by atoms with Crippen molar-refractivity contribution in [2.45, 2.75) is 13.8 Å². The van der Waals surface area contributed by atoms with Crippen molar-refractivity contribution in [3.63, 3.8) is 0 Å². The predicted octanol–water partition coefficient (Wildman–Crippen LogP) is 2.71. The van der Waals surface area contributed by atoms with Crippen LogP contribution in [0.25, 0.3) is 0 Å². The van der Waals surface area contributed by atoms with Crippen molar-refractivity contribution in [1.82, 2.24) is 0 Å². The predicted molar refractivity (Wildman–Crippen MR) is 47.5 cm³/mol. The van der Waals surface area contributed by atoms with Crippen LogP contribution in [0, 0.1) is 23.5 Å². The van der Waals surface area contributed by atoms with Crippen LogP contribution in [0.5, 0.6) is 0 Å². The molecule has 1 aromatic carbocycles. The van der Waals surface area contributed by atoms with Crippen LogP contribution in [-0.2, 0) is 0 Å². The van der Waals surface area contributed by atoms with Crippen LogP contribution in [0.4, 0.5) is 0 Å². The number of hydrogen-bond acceptors (Lipinski definition) is 0. The van der Waals surface area contributed by atoms with Crippen LogP contribution in [0.1, 0.15) is 11.1 Å². The van der Waals surface area contributed by atoms with E-state index in [0.29, 0.717) is 0 Å². The molecule has 0 aliphatic rings. The van der Waals surface area contributed by atoms with Crippen LogP contribution in [0.2, 0.25) is 0 Å². The molecule has 0 saturated carbocycles. The van der Waals surface area contributed by atoms with Gasteiger partial charge in [0.2, 0.25) is 0 Å². The molecule has 0 unspecified atom stereocenters. The van der Waals surface area contributed by atoms with E-state index in [9.17, 15) is 0 Å². The molecule has 0 amide bonds. The molecule has 0 atom stereocenters. The van der Waals surface area contributed by atoms with Gasteiger partial charge in [0.05, 0.1) is 0 Å². The molecule has 0 aliphatic carbocycles. The van der Waals surface area contributed by atoms with Gasteiger partial charge in [0.25, 0.3) is 0 Å². The SMILES string of the molecule is Cc1[c-]c(I)c(C)cc1.[Rf]. The Labute approximate surface area is 69.4 Å². The molecular formula is C8H8IRf-. The largest absolute Gasteiger partial charge is 0.168 e. The van der Waals surface area contributed by atoms with Gasteiger partial charge in [-0.05, 0) is 0 Å². The number of benzene rings is 1. The van der Waals surface area contributed by atoms with Crippen LogP contribution < -0.4 is 0 Å². The molecule has 0 saturated heterocycles. The summed E-state index contributed by atoms with van der Waals surface area (Å²) >= 11 is 2.29. The molecule has 1 aromatic rings. The van der Waals surface area contributed by atoms with Crippen molar-refractivity contribution in [3.8, 4) is 0 Å². The fourth-order valence-corrected chi connectivity index (χ4v) is 1.24.